The highest BCUT2D eigenvalue weighted by atomic mass is 19.4. The number of hydrogen-bond acceptors (Lipinski definition) is 6. The molecule has 10 heteroatoms. The second-order valence-electron chi connectivity index (χ2n) is 11.0. The maximum Gasteiger partial charge on any atom is 0.573 e. The van der Waals surface area contributed by atoms with Crippen LogP contribution >= 0.6 is 0 Å². The van der Waals surface area contributed by atoms with Crippen LogP contribution in [-0.2, 0) is 37.0 Å². The molecule has 2 saturated carbocycles. The van der Waals surface area contributed by atoms with E-state index in [-0.39, 0.29) is 31.3 Å². The van der Waals surface area contributed by atoms with Gasteiger partial charge in [-0.3, -0.25) is 4.79 Å². The first kappa shape index (κ1) is 27.9. The maximum atomic E-state index is 13.7. The molecule has 212 valence electrons. The molecule has 0 spiro atoms. The predicted octanol–water partition coefficient (Wildman–Crippen LogP) is 5.27. The van der Waals surface area contributed by atoms with Crippen LogP contribution in [0.5, 0.6) is 5.75 Å². The number of amides is 1. The molecule has 1 N–H and O–H groups in total. The van der Waals surface area contributed by atoms with Crippen molar-refractivity contribution in [2.75, 3.05) is 6.54 Å². The number of fused-ring (bicyclic) bond motifs is 1. The van der Waals surface area contributed by atoms with Crippen LogP contribution in [0.4, 0.5) is 13.2 Å². The summed E-state index contributed by atoms with van der Waals surface area (Å²) in [5, 5.41) is 3.08. The van der Waals surface area contributed by atoms with Crippen LogP contribution in [0, 0.1) is 5.92 Å². The molecule has 7 nitrogen and oxygen atoms in total. The van der Waals surface area contributed by atoms with Gasteiger partial charge in [-0.05, 0) is 55.9 Å². The van der Waals surface area contributed by atoms with Crippen molar-refractivity contribution in [1.29, 1.82) is 0 Å². The van der Waals surface area contributed by atoms with Gasteiger partial charge in [-0.15, -0.1) is 13.2 Å². The fraction of sp³-hybridized carbons (Fsp3) is 0.552. The summed E-state index contributed by atoms with van der Waals surface area (Å²) in [5.74, 6) is -0.949. The van der Waals surface area contributed by atoms with Crippen molar-refractivity contribution in [1.82, 2.24) is 5.32 Å². The first-order valence-corrected chi connectivity index (χ1v) is 13.3. The lowest BCUT2D eigenvalue weighted by Gasteiger charge is -2.43. The second-order valence-corrected chi connectivity index (χ2v) is 11.0. The van der Waals surface area contributed by atoms with Crippen molar-refractivity contribution in [2.45, 2.75) is 88.8 Å². The Bertz CT molecular complexity index is 1140. The van der Waals surface area contributed by atoms with Crippen molar-refractivity contribution in [3.63, 3.8) is 0 Å². The lowest BCUT2D eigenvalue weighted by molar-refractivity contribution is -0.274. The molecule has 1 amide bonds. The van der Waals surface area contributed by atoms with Gasteiger partial charge in [-0.2, -0.15) is 0 Å². The Morgan fingerprint density at radius 2 is 1.74 bits per heavy atom. The maximum absolute atomic E-state index is 13.7. The third kappa shape index (κ3) is 7.30. The van der Waals surface area contributed by atoms with E-state index in [0.717, 1.165) is 18.4 Å². The van der Waals surface area contributed by atoms with Crippen LogP contribution in [0.1, 0.15) is 50.7 Å². The number of alkyl halides is 3. The zero-order valence-corrected chi connectivity index (χ0v) is 22.0. The number of benzene rings is 2. The molecule has 0 aromatic heterocycles. The average Bonchev–Trinajstić information content (AvgIpc) is 3.65. The molecular formula is C29H34F3NO6. The van der Waals surface area contributed by atoms with E-state index >= 15 is 0 Å². The SMILES string of the molecule is CC1(C)O[C@@H]2C[C@@](OCc3ccccc3)(C(=O)NCC3CC3)CC(OCc3cccc(OC(F)(F)F)c3)[C@@H]2O1. The summed E-state index contributed by atoms with van der Waals surface area (Å²) in [5.41, 5.74) is 0.185. The zero-order valence-electron chi connectivity index (χ0n) is 22.0. The van der Waals surface area contributed by atoms with Crippen molar-refractivity contribution in [3.05, 3.63) is 65.7 Å². The summed E-state index contributed by atoms with van der Waals surface area (Å²) >= 11 is 0. The molecular weight excluding hydrogens is 515 g/mol. The van der Waals surface area contributed by atoms with E-state index in [2.05, 4.69) is 10.1 Å². The van der Waals surface area contributed by atoms with Gasteiger partial charge >= 0.3 is 6.36 Å². The normalized spacial score (nSPS) is 28.1. The number of rotatable bonds is 10. The number of nitrogens with one attached hydrogen (secondary N) is 1. The lowest BCUT2D eigenvalue weighted by Crippen LogP contribution is -2.60. The second kappa shape index (κ2) is 11.1. The molecule has 39 heavy (non-hydrogen) atoms. The zero-order chi connectivity index (χ0) is 27.7. The van der Waals surface area contributed by atoms with Gasteiger partial charge in [-0.1, -0.05) is 42.5 Å². The Labute approximate surface area is 225 Å². The van der Waals surface area contributed by atoms with Crippen molar-refractivity contribution in [3.8, 4) is 5.75 Å². The minimum absolute atomic E-state index is 0.00874. The van der Waals surface area contributed by atoms with E-state index in [1.807, 2.05) is 30.3 Å². The molecule has 1 heterocycles. The number of hydrogen-bond donors (Lipinski definition) is 1. The van der Waals surface area contributed by atoms with E-state index in [4.69, 9.17) is 18.9 Å². The molecule has 3 fully saturated rings. The summed E-state index contributed by atoms with van der Waals surface area (Å²) in [4.78, 5) is 13.7. The third-order valence-electron chi connectivity index (χ3n) is 7.27. The summed E-state index contributed by atoms with van der Waals surface area (Å²) < 4.78 is 67.2. The highest BCUT2D eigenvalue weighted by molar-refractivity contribution is 5.85. The highest BCUT2D eigenvalue weighted by Crippen LogP contribution is 2.44. The molecule has 4 atom stereocenters. The van der Waals surface area contributed by atoms with Gasteiger partial charge in [0.15, 0.2) is 11.4 Å². The summed E-state index contributed by atoms with van der Waals surface area (Å²) in [6, 6.07) is 15.2. The molecule has 0 bridgehead atoms. The Kier molecular flexibility index (Phi) is 7.92. The topological polar surface area (TPSA) is 75.3 Å². The molecule has 1 aliphatic heterocycles. The van der Waals surface area contributed by atoms with E-state index < -0.39 is 36.1 Å². The third-order valence-corrected chi connectivity index (χ3v) is 7.27. The lowest BCUT2D eigenvalue weighted by atomic mass is 9.78. The van der Waals surface area contributed by atoms with Gasteiger partial charge in [0.1, 0.15) is 11.9 Å². The van der Waals surface area contributed by atoms with Gasteiger partial charge in [0.2, 0.25) is 0 Å². The summed E-state index contributed by atoms with van der Waals surface area (Å²) in [7, 11) is 0. The van der Waals surface area contributed by atoms with Gasteiger partial charge in [-0.25, -0.2) is 0 Å². The van der Waals surface area contributed by atoms with Crippen molar-refractivity contribution in [2.24, 2.45) is 5.92 Å². The van der Waals surface area contributed by atoms with Crippen LogP contribution in [0.25, 0.3) is 0 Å². The monoisotopic (exact) mass is 549 g/mol. The number of ether oxygens (including phenoxy) is 5. The number of carbonyl (C=O) groups is 1. The smallest absolute Gasteiger partial charge is 0.406 e. The molecule has 1 saturated heterocycles. The van der Waals surface area contributed by atoms with Crippen LogP contribution in [0.3, 0.4) is 0 Å². The number of carbonyl (C=O) groups excluding carboxylic acids is 1. The Morgan fingerprint density at radius 1 is 1.00 bits per heavy atom. The van der Waals surface area contributed by atoms with Crippen molar-refractivity contribution < 1.29 is 41.7 Å². The quantitative estimate of drug-likeness (QED) is 0.436. The minimum Gasteiger partial charge on any atom is -0.406 e. The van der Waals surface area contributed by atoms with Gasteiger partial charge < -0.3 is 29.0 Å². The first-order chi connectivity index (χ1) is 18.5. The fourth-order valence-electron chi connectivity index (χ4n) is 5.26. The largest absolute Gasteiger partial charge is 0.573 e. The van der Waals surface area contributed by atoms with Crippen LogP contribution in [-0.4, -0.2) is 48.5 Å². The summed E-state index contributed by atoms with van der Waals surface area (Å²) in [6.45, 7) is 4.41. The molecule has 2 aromatic carbocycles. The molecule has 3 aliphatic rings. The van der Waals surface area contributed by atoms with Crippen LogP contribution in [0.2, 0.25) is 0 Å². The Balaban J connectivity index is 1.36. The van der Waals surface area contributed by atoms with E-state index in [0.29, 0.717) is 24.4 Å². The van der Waals surface area contributed by atoms with Gasteiger partial charge in [0, 0.05) is 19.4 Å². The van der Waals surface area contributed by atoms with Crippen LogP contribution < -0.4 is 10.1 Å². The van der Waals surface area contributed by atoms with Gasteiger partial charge in [0.05, 0.1) is 25.4 Å². The Hall–Kier alpha value is -2.66. The van der Waals surface area contributed by atoms with E-state index in [1.165, 1.54) is 18.2 Å². The molecule has 1 unspecified atom stereocenters. The minimum atomic E-state index is -4.79. The van der Waals surface area contributed by atoms with Crippen molar-refractivity contribution >= 4 is 5.91 Å². The van der Waals surface area contributed by atoms with E-state index in [1.54, 1.807) is 19.9 Å². The number of halogens is 3. The van der Waals surface area contributed by atoms with Crippen LogP contribution in [0.15, 0.2) is 54.6 Å². The highest BCUT2D eigenvalue weighted by Gasteiger charge is 2.58. The molecule has 0 radical (unpaired) electrons. The fourth-order valence-corrected chi connectivity index (χ4v) is 5.26. The molecule has 5 rings (SSSR count). The molecule has 2 aromatic rings. The van der Waals surface area contributed by atoms with E-state index in [9.17, 15) is 18.0 Å². The Morgan fingerprint density at radius 3 is 2.46 bits per heavy atom. The average molecular weight is 550 g/mol. The molecule has 2 aliphatic carbocycles. The standard InChI is InChI=1S/C29H34F3NO6/c1-27(2)38-24-15-28(26(34)33-16-19-11-12-19,36-18-20-7-4-3-5-8-20)14-23(25(24)39-27)35-17-21-9-6-10-22(13-21)37-29(30,31)32/h3-10,13,19,23-25H,11-12,14-18H2,1-2H3,(H,33,34)/t23?,24-,25+,28-/m1/s1. The predicted molar refractivity (Wildman–Crippen MR) is 134 cm³/mol. The first-order valence-electron chi connectivity index (χ1n) is 13.3. The van der Waals surface area contributed by atoms with Gasteiger partial charge in [0.25, 0.3) is 5.91 Å². The summed E-state index contributed by atoms with van der Waals surface area (Å²) in [6.07, 6.45) is -3.66.